The van der Waals surface area contributed by atoms with E-state index in [1.54, 1.807) is 11.3 Å². The van der Waals surface area contributed by atoms with E-state index in [1.165, 1.54) is 0 Å². The zero-order valence-electron chi connectivity index (χ0n) is 9.54. The highest BCUT2D eigenvalue weighted by atomic mass is 32.1. The highest BCUT2D eigenvalue weighted by Gasteiger charge is 2.06. The number of nitrogens with one attached hydrogen (secondary N) is 1. The maximum atomic E-state index is 11.3. The van der Waals surface area contributed by atoms with Crippen molar-refractivity contribution in [2.45, 2.75) is 20.4 Å². The maximum Gasteiger partial charge on any atom is 0.222 e. The summed E-state index contributed by atoms with van der Waals surface area (Å²) in [7, 11) is 0. The highest BCUT2D eigenvalue weighted by molar-refractivity contribution is 7.12. The molecule has 0 saturated heterocycles. The second-order valence-electron chi connectivity index (χ2n) is 3.64. The van der Waals surface area contributed by atoms with Crippen LogP contribution in [0.25, 0.3) is 0 Å². The van der Waals surface area contributed by atoms with Gasteiger partial charge in [0.25, 0.3) is 0 Å². The Morgan fingerprint density at radius 3 is 2.94 bits per heavy atom. The number of hydrogen-bond acceptors (Lipinski definition) is 3. The molecule has 0 bridgehead atoms. The quantitative estimate of drug-likeness (QED) is 0.778. The summed E-state index contributed by atoms with van der Waals surface area (Å²) in [6, 6.07) is 3.93. The molecule has 0 fully saturated rings. The molecular weight excluding hydrogens is 220 g/mol. The summed E-state index contributed by atoms with van der Waals surface area (Å²) in [5.74, 6) is 5.86. The summed E-state index contributed by atoms with van der Waals surface area (Å²) in [4.78, 5) is 13.4. The second-order valence-corrected chi connectivity index (χ2v) is 4.81. The van der Waals surface area contributed by atoms with E-state index in [2.05, 4.69) is 17.2 Å². The van der Waals surface area contributed by atoms with Crippen LogP contribution < -0.4 is 11.1 Å². The topological polar surface area (TPSA) is 55.1 Å². The minimum absolute atomic E-state index is 0.0245. The molecule has 0 aliphatic heterocycles. The lowest BCUT2D eigenvalue weighted by atomic mass is 10.2. The Labute approximate surface area is 100 Å². The molecule has 86 valence electrons. The Kier molecular flexibility index (Phi) is 5.03. The van der Waals surface area contributed by atoms with E-state index in [4.69, 9.17) is 5.73 Å². The molecule has 3 N–H and O–H groups in total. The first-order valence-electron chi connectivity index (χ1n) is 5.19. The smallest absolute Gasteiger partial charge is 0.222 e. The summed E-state index contributed by atoms with van der Waals surface area (Å²) >= 11 is 1.58. The lowest BCUT2D eigenvalue weighted by Gasteiger charge is -2.05. The maximum absolute atomic E-state index is 11.3. The number of rotatable bonds is 3. The van der Waals surface area contributed by atoms with E-state index in [9.17, 15) is 4.79 Å². The zero-order chi connectivity index (χ0) is 12.0. The third-order valence-electron chi connectivity index (χ3n) is 1.94. The van der Waals surface area contributed by atoms with Crippen LogP contribution in [0.1, 0.15) is 23.6 Å². The average molecular weight is 236 g/mol. The van der Waals surface area contributed by atoms with Crippen LogP contribution in [0.3, 0.4) is 0 Å². The summed E-state index contributed by atoms with van der Waals surface area (Å²) in [5.41, 5.74) is 5.29. The van der Waals surface area contributed by atoms with Gasteiger partial charge in [-0.15, -0.1) is 11.3 Å². The van der Waals surface area contributed by atoms with Gasteiger partial charge in [0.15, 0.2) is 0 Å². The lowest BCUT2D eigenvalue weighted by molar-refractivity contribution is -0.124. The number of thiophene rings is 1. The van der Waals surface area contributed by atoms with Gasteiger partial charge in [-0.2, -0.15) is 0 Å². The van der Waals surface area contributed by atoms with Gasteiger partial charge < -0.3 is 11.1 Å². The van der Waals surface area contributed by atoms with Gasteiger partial charge in [-0.1, -0.05) is 25.7 Å². The molecule has 0 aromatic carbocycles. The van der Waals surface area contributed by atoms with Crippen LogP contribution in [0.15, 0.2) is 12.1 Å². The van der Waals surface area contributed by atoms with Gasteiger partial charge in [0.05, 0.1) is 18.0 Å². The molecule has 0 aliphatic rings. The molecule has 0 unspecified atom stereocenters. The van der Waals surface area contributed by atoms with Crippen LogP contribution in [0.5, 0.6) is 0 Å². The van der Waals surface area contributed by atoms with E-state index in [0.717, 1.165) is 9.75 Å². The van der Waals surface area contributed by atoms with Crippen molar-refractivity contribution in [3.63, 3.8) is 0 Å². The first-order chi connectivity index (χ1) is 7.63. The van der Waals surface area contributed by atoms with Gasteiger partial charge in [-0.3, -0.25) is 4.79 Å². The fourth-order valence-electron chi connectivity index (χ4n) is 1.06. The molecule has 1 heterocycles. The Balaban J connectivity index is 2.49. The second kappa shape index (κ2) is 6.31. The number of carbonyl (C=O) groups excluding carboxylic acids is 1. The third-order valence-corrected chi connectivity index (χ3v) is 2.94. The van der Waals surface area contributed by atoms with Crippen LogP contribution in [0.4, 0.5) is 0 Å². The predicted octanol–water partition coefficient (Wildman–Crippen LogP) is 1.33. The summed E-state index contributed by atoms with van der Waals surface area (Å²) in [6.07, 6.45) is 0. The van der Waals surface area contributed by atoms with Crippen LogP contribution in [0.2, 0.25) is 0 Å². The monoisotopic (exact) mass is 236 g/mol. The highest BCUT2D eigenvalue weighted by Crippen LogP contribution is 2.15. The molecular formula is C12H16N2OS. The molecule has 1 amide bonds. The molecule has 0 aliphatic carbocycles. The normalized spacial score (nSPS) is 9.75. The SMILES string of the molecule is CC(C)C(=O)NCc1ccc(C#CCN)s1. The molecule has 0 saturated carbocycles. The van der Waals surface area contributed by atoms with E-state index < -0.39 is 0 Å². The number of nitrogens with two attached hydrogens (primary N) is 1. The van der Waals surface area contributed by atoms with Crippen LogP contribution >= 0.6 is 11.3 Å². The third kappa shape index (κ3) is 4.05. The minimum atomic E-state index is 0.0245. The van der Waals surface area contributed by atoms with Gasteiger partial charge in [-0.25, -0.2) is 0 Å². The molecule has 0 radical (unpaired) electrons. The van der Waals surface area contributed by atoms with E-state index in [1.807, 2.05) is 26.0 Å². The van der Waals surface area contributed by atoms with Crippen molar-refractivity contribution < 1.29 is 4.79 Å². The molecule has 1 aromatic rings. The van der Waals surface area contributed by atoms with Gasteiger partial charge in [0.2, 0.25) is 5.91 Å². The van der Waals surface area contributed by atoms with Crippen molar-refractivity contribution >= 4 is 17.2 Å². The van der Waals surface area contributed by atoms with Crippen LogP contribution in [0, 0.1) is 17.8 Å². The lowest BCUT2D eigenvalue weighted by Crippen LogP contribution is -2.26. The molecule has 16 heavy (non-hydrogen) atoms. The van der Waals surface area contributed by atoms with Crippen molar-refractivity contribution in [1.82, 2.24) is 5.32 Å². The fraction of sp³-hybridized carbons (Fsp3) is 0.417. The molecule has 3 nitrogen and oxygen atoms in total. The van der Waals surface area contributed by atoms with Crippen molar-refractivity contribution in [3.05, 3.63) is 21.9 Å². The standard InChI is InChI=1S/C12H16N2OS/c1-9(2)12(15)14-8-11-6-5-10(16-11)4-3-7-13/h5-6,9H,7-8,13H2,1-2H3,(H,14,15). The average Bonchev–Trinajstić information content (AvgIpc) is 2.70. The summed E-state index contributed by atoms with van der Waals surface area (Å²) < 4.78 is 0. The first kappa shape index (κ1) is 12.8. The molecule has 4 heteroatoms. The van der Waals surface area contributed by atoms with Gasteiger partial charge in [0, 0.05) is 10.8 Å². The Hall–Kier alpha value is -1.31. The van der Waals surface area contributed by atoms with E-state index in [0.29, 0.717) is 13.1 Å². The predicted molar refractivity (Wildman–Crippen MR) is 66.9 cm³/mol. The van der Waals surface area contributed by atoms with Crippen molar-refractivity contribution in [3.8, 4) is 11.8 Å². The van der Waals surface area contributed by atoms with E-state index in [-0.39, 0.29) is 11.8 Å². The first-order valence-corrected chi connectivity index (χ1v) is 6.00. The molecule has 0 atom stereocenters. The molecule has 1 rings (SSSR count). The largest absolute Gasteiger partial charge is 0.351 e. The summed E-state index contributed by atoms with van der Waals surface area (Å²) in [6.45, 7) is 4.70. The number of hydrogen-bond donors (Lipinski definition) is 2. The van der Waals surface area contributed by atoms with E-state index >= 15 is 0 Å². The molecule has 0 spiro atoms. The fourth-order valence-corrected chi connectivity index (χ4v) is 1.88. The Morgan fingerprint density at radius 2 is 2.31 bits per heavy atom. The number of amides is 1. The Morgan fingerprint density at radius 1 is 1.56 bits per heavy atom. The Bertz CT molecular complexity index is 412. The number of carbonyl (C=O) groups is 1. The molecule has 1 aromatic heterocycles. The van der Waals surface area contributed by atoms with Crippen LogP contribution in [-0.4, -0.2) is 12.5 Å². The van der Waals surface area contributed by atoms with Crippen molar-refractivity contribution in [1.29, 1.82) is 0 Å². The van der Waals surface area contributed by atoms with Crippen LogP contribution in [-0.2, 0) is 11.3 Å². The zero-order valence-corrected chi connectivity index (χ0v) is 10.4. The minimum Gasteiger partial charge on any atom is -0.351 e. The van der Waals surface area contributed by atoms with Crippen molar-refractivity contribution in [2.24, 2.45) is 11.7 Å². The van der Waals surface area contributed by atoms with Gasteiger partial charge in [-0.05, 0) is 12.1 Å². The van der Waals surface area contributed by atoms with Crippen molar-refractivity contribution in [2.75, 3.05) is 6.54 Å². The van der Waals surface area contributed by atoms with Gasteiger partial charge >= 0.3 is 0 Å². The van der Waals surface area contributed by atoms with Gasteiger partial charge in [0.1, 0.15) is 0 Å². The summed E-state index contributed by atoms with van der Waals surface area (Å²) in [5, 5.41) is 2.87.